The summed E-state index contributed by atoms with van der Waals surface area (Å²) >= 11 is 0. The SMILES string of the molecule is COC(=O)C1(NC(=O)CC2CCS(=O)(=O)C2)CCC(C)CC1. The molecule has 1 heterocycles. The first-order chi connectivity index (χ1) is 10.3. The Morgan fingerprint density at radius 3 is 2.36 bits per heavy atom. The number of esters is 1. The highest BCUT2D eigenvalue weighted by Crippen LogP contribution is 2.33. The third kappa shape index (κ3) is 4.00. The Morgan fingerprint density at radius 2 is 1.86 bits per heavy atom. The van der Waals surface area contributed by atoms with Crippen LogP contribution in [0.2, 0.25) is 0 Å². The Kier molecular flexibility index (Phi) is 5.14. The van der Waals surface area contributed by atoms with Crippen LogP contribution in [-0.4, -0.2) is 44.4 Å². The fourth-order valence-electron chi connectivity index (χ4n) is 3.44. The summed E-state index contributed by atoms with van der Waals surface area (Å²) in [5.74, 6) is -0.0153. The molecule has 0 aromatic rings. The standard InChI is InChI=1S/C15H25NO5S/c1-11-3-6-15(7-4-11,14(18)21-2)16-13(17)9-12-5-8-22(19,20)10-12/h11-12H,3-10H2,1-2H3,(H,16,17). The van der Waals surface area contributed by atoms with Gasteiger partial charge in [0.1, 0.15) is 5.54 Å². The number of rotatable bonds is 4. The van der Waals surface area contributed by atoms with Crippen molar-refractivity contribution in [2.45, 2.75) is 51.0 Å². The highest BCUT2D eigenvalue weighted by atomic mass is 32.2. The first kappa shape index (κ1) is 17.2. The highest BCUT2D eigenvalue weighted by molar-refractivity contribution is 7.91. The van der Waals surface area contributed by atoms with Crippen molar-refractivity contribution in [2.24, 2.45) is 11.8 Å². The molecule has 0 aromatic heterocycles. The van der Waals surface area contributed by atoms with Crippen LogP contribution in [0.5, 0.6) is 0 Å². The largest absolute Gasteiger partial charge is 0.467 e. The van der Waals surface area contributed by atoms with Crippen LogP contribution in [-0.2, 0) is 24.2 Å². The van der Waals surface area contributed by atoms with E-state index in [-0.39, 0.29) is 29.8 Å². The van der Waals surface area contributed by atoms with Crippen LogP contribution in [0.1, 0.15) is 45.4 Å². The van der Waals surface area contributed by atoms with Gasteiger partial charge in [-0.3, -0.25) is 4.79 Å². The molecular formula is C15H25NO5S. The van der Waals surface area contributed by atoms with E-state index in [4.69, 9.17) is 4.74 Å². The molecule has 1 aliphatic carbocycles. The number of amides is 1. The van der Waals surface area contributed by atoms with Gasteiger partial charge in [0.05, 0.1) is 18.6 Å². The normalized spacial score (nSPS) is 34.1. The molecule has 1 saturated carbocycles. The summed E-state index contributed by atoms with van der Waals surface area (Å²) in [6.45, 7) is 2.13. The quantitative estimate of drug-likeness (QED) is 0.778. The highest BCUT2D eigenvalue weighted by Gasteiger charge is 2.43. The Labute approximate surface area is 131 Å². The third-order valence-electron chi connectivity index (χ3n) is 4.88. The minimum absolute atomic E-state index is 0.0721. The summed E-state index contributed by atoms with van der Waals surface area (Å²) in [5.41, 5.74) is -0.935. The molecule has 0 aromatic carbocycles. The van der Waals surface area contributed by atoms with Gasteiger partial charge in [0, 0.05) is 6.42 Å². The van der Waals surface area contributed by atoms with Gasteiger partial charge in [0.25, 0.3) is 0 Å². The number of hydrogen-bond acceptors (Lipinski definition) is 5. The molecule has 0 spiro atoms. The molecule has 1 unspecified atom stereocenters. The molecule has 0 bridgehead atoms. The van der Waals surface area contributed by atoms with E-state index in [1.165, 1.54) is 7.11 Å². The number of hydrogen-bond donors (Lipinski definition) is 1. The molecule has 1 N–H and O–H groups in total. The fraction of sp³-hybridized carbons (Fsp3) is 0.867. The summed E-state index contributed by atoms with van der Waals surface area (Å²) in [6, 6.07) is 0. The number of ether oxygens (including phenoxy) is 1. The van der Waals surface area contributed by atoms with Gasteiger partial charge in [-0.2, -0.15) is 0 Å². The van der Waals surface area contributed by atoms with Gasteiger partial charge in [-0.25, -0.2) is 13.2 Å². The zero-order valence-electron chi connectivity index (χ0n) is 13.3. The van der Waals surface area contributed by atoms with Crippen molar-refractivity contribution in [3.63, 3.8) is 0 Å². The van der Waals surface area contributed by atoms with Crippen molar-refractivity contribution < 1.29 is 22.7 Å². The van der Waals surface area contributed by atoms with Gasteiger partial charge in [0.15, 0.2) is 9.84 Å². The maximum absolute atomic E-state index is 12.3. The number of nitrogens with one attached hydrogen (secondary N) is 1. The smallest absolute Gasteiger partial charge is 0.331 e. The van der Waals surface area contributed by atoms with Gasteiger partial charge >= 0.3 is 5.97 Å². The maximum Gasteiger partial charge on any atom is 0.331 e. The van der Waals surface area contributed by atoms with Crippen LogP contribution < -0.4 is 5.32 Å². The van der Waals surface area contributed by atoms with Crippen molar-refractivity contribution in [3.05, 3.63) is 0 Å². The van der Waals surface area contributed by atoms with Gasteiger partial charge < -0.3 is 10.1 Å². The molecule has 2 rings (SSSR count). The topological polar surface area (TPSA) is 89.5 Å². The van der Waals surface area contributed by atoms with E-state index in [0.717, 1.165) is 12.8 Å². The van der Waals surface area contributed by atoms with Crippen LogP contribution in [0, 0.1) is 11.8 Å². The van der Waals surface area contributed by atoms with E-state index in [2.05, 4.69) is 12.2 Å². The van der Waals surface area contributed by atoms with E-state index >= 15 is 0 Å². The van der Waals surface area contributed by atoms with Gasteiger partial charge in [-0.05, 0) is 43.9 Å². The molecule has 2 aliphatic rings. The van der Waals surface area contributed by atoms with Crippen LogP contribution in [0.15, 0.2) is 0 Å². The van der Waals surface area contributed by atoms with E-state index in [1.807, 2.05) is 0 Å². The van der Waals surface area contributed by atoms with Crippen molar-refractivity contribution in [2.75, 3.05) is 18.6 Å². The molecule has 0 radical (unpaired) electrons. The minimum Gasteiger partial charge on any atom is -0.467 e. The second-order valence-electron chi connectivity index (χ2n) is 6.78. The molecule has 2 fully saturated rings. The second kappa shape index (κ2) is 6.56. The van der Waals surface area contributed by atoms with Crippen molar-refractivity contribution in [1.82, 2.24) is 5.32 Å². The van der Waals surface area contributed by atoms with Crippen molar-refractivity contribution >= 4 is 21.7 Å². The molecule has 1 atom stereocenters. The average Bonchev–Trinajstić information content (AvgIpc) is 2.79. The van der Waals surface area contributed by atoms with E-state index in [9.17, 15) is 18.0 Å². The lowest BCUT2D eigenvalue weighted by Gasteiger charge is -2.37. The number of carbonyl (C=O) groups excluding carboxylic acids is 2. The maximum atomic E-state index is 12.3. The predicted molar refractivity (Wildman–Crippen MR) is 81.9 cm³/mol. The van der Waals surface area contributed by atoms with Gasteiger partial charge in [0.2, 0.25) is 5.91 Å². The monoisotopic (exact) mass is 331 g/mol. The predicted octanol–water partition coefficient (Wildman–Crippen LogP) is 1.05. The summed E-state index contributed by atoms with van der Waals surface area (Å²) in [5, 5.41) is 2.85. The molecule has 7 heteroatoms. The minimum atomic E-state index is -2.99. The molecule has 6 nitrogen and oxygen atoms in total. The van der Waals surface area contributed by atoms with Crippen LogP contribution >= 0.6 is 0 Å². The van der Waals surface area contributed by atoms with E-state index in [0.29, 0.717) is 25.2 Å². The molecular weight excluding hydrogens is 306 g/mol. The fourth-order valence-corrected chi connectivity index (χ4v) is 5.31. The zero-order valence-corrected chi connectivity index (χ0v) is 14.1. The van der Waals surface area contributed by atoms with Gasteiger partial charge in [-0.15, -0.1) is 0 Å². The summed E-state index contributed by atoms with van der Waals surface area (Å²) in [6.07, 6.45) is 3.58. The summed E-state index contributed by atoms with van der Waals surface area (Å²) in [4.78, 5) is 24.4. The summed E-state index contributed by atoms with van der Waals surface area (Å²) < 4.78 is 27.8. The van der Waals surface area contributed by atoms with Crippen molar-refractivity contribution in [3.8, 4) is 0 Å². The Hall–Kier alpha value is -1.11. The average molecular weight is 331 g/mol. The lowest BCUT2D eigenvalue weighted by molar-refractivity contribution is -0.153. The Morgan fingerprint density at radius 1 is 1.23 bits per heavy atom. The summed E-state index contributed by atoms with van der Waals surface area (Å²) in [7, 11) is -1.66. The molecule has 126 valence electrons. The van der Waals surface area contributed by atoms with E-state index in [1.54, 1.807) is 0 Å². The molecule has 1 aliphatic heterocycles. The Balaban J connectivity index is 1.98. The lowest BCUT2D eigenvalue weighted by atomic mass is 9.77. The second-order valence-corrected chi connectivity index (χ2v) is 9.01. The van der Waals surface area contributed by atoms with Gasteiger partial charge in [-0.1, -0.05) is 6.92 Å². The molecule has 22 heavy (non-hydrogen) atoms. The lowest BCUT2D eigenvalue weighted by Crippen LogP contribution is -2.57. The molecule has 1 saturated heterocycles. The van der Waals surface area contributed by atoms with Crippen LogP contribution in [0.25, 0.3) is 0 Å². The number of carbonyl (C=O) groups is 2. The van der Waals surface area contributed by atoms with E-state index < -0.39 is 21.3 Å². The molecule has 1 amide bonds. The first-order valence-corrected chi connectivity index (χ1v) is 9.68. The number of methoxy groups -OCH3 is 1. The number of sulfone groups is 1. The zero-order chi connectivity index (χ0) is 16.4. The van der Waals surface area contributed by atoms with Crippen LogP contribution in [0.3, 0.4) is 0 Å². The first-order valence-electron chi connectivity index (χ1n) is 7.86. The van der Waals surface area contributed by atoms with Crippen molar-refractivity contribution in [1.29, 1.82) is 0 Å². The Bertz CT molecular complexity index is 534. The van der Waals surface area contributed by atoms with Crippen LogP contribution in [0.4, 0.5) is 0 Å². The third-order valence-corrected chi connectivity index (χ3v) is 6.72.